The van der Waals surface area contributed by atoms with E-state index in [-0.39, 0.29) is 37.4 Å². The molecule has 0 fully saturated rings. The zero-order chi connectivity index (χ0) is 39.9. The summed E-state index contributed by atoms with van der Waals surface area (Å²) < 4.78 is 12.1. The highest BCUT2D eigenvalue weighted by atomic mass is 16.5. The van der Waals surface area contributed by atoms with E-state index >= 15 is 0 Å². The minimum absolute atomic E-state index is 0.236. The van der Waals surface area contributed by atoms with Crippen LogP contribution in [0.2, 0.25) is 0 Å². The Morgan fingerprint density at radius 3 is 2.22 bits per heavy atom. The first kappa shape index (κ1) is 42.7. The maximum absolute atomic E-state index is 14.1. The fourth-order valence-electron chi connectivity index (χ4n) is 6.74. The molecule has 0 spiro atoms. The first-order chi connectivity index (χ1) is 26.5. The number of fused-ring (bicyclic) bond motifs is 5. The number of amides is 4. The van der Waals surface area contributed by atoms with Gasteiger partial charge in [0.15, 0.2) is 0 Å². The molecule has 2 heterocycles. The summed E-state index contributed by atoms with van der Waals surface area (Å²) >= 11 is 0. The number of nitrogens with one attached hydrogen (secondary N) is 3. The van der Waals surface area contributed by atoms with Crippen molar-refractivity contribution in [3.05, 3.63) is 76.6 Å². The van der Waals surface area contributed by atoms with Gasteiger partial charge in [0.25, 0.3) is 5.91 Å². The molecule has 2 aromatic carbocycles. The van der Waals surface area contributed by atoms with Crippen molar-refractivity contribution < 1.29 is 28.7 Å². The number of benzene rings is 2. The maximum Gasteiger partial charge on any atom is 0.270 e. The van der Waals surface area contributed by atoms with Crippen LogP contribution in [-0.4, -0.2) is 85.5 Å². The van der Waals surface area contributed by atoms with Gasteiger partial charge < -0.3 is 41.8 Å². The van der Waals surface area contributed by atoms with Gasteiger partial charge in [-0.1, -0.05) is 57.2 Å². The number of rotatable bonds is 17. The summed E-state index contributed by atoms with van der Waals surface area (Å²) in [6.07, 6.45) is 10.3. The fraction of sp³-hybridized carbons (Fsp3) is 0.500. The molecular weight excluding hydrogens is 699 g/mol. The molecule has 13 nitrogen and oxygen atoms in total. The van der Waals surface area contributed by atoms with Crippen LogP contribution >= 0.6 is 0 Å². The van der Waals surface area contributed by atoms with Gasteiger partial charge in [0.2, 0.25) is 17.7 Å². The summed E-state index contributed by atoms with van der Waals surface area (Å²) in [6, 6.07) is 10.6. The molecule has 298 valence electrons. The zero-order valence-electron chi connectivity index (χ0n) is 33.0. The number of carbonyl (C=O) groups is 4. The number of carbonyl (C=O) groups excluding carboxylic acids is 4. The van der Waals surface area contributed by atoms with Crippen LogP contribution in [0.1, 0.15) is 98.1 Å². The minimum Gasteiger partial charge on any atom is -0.492 e. The summed E-state index contributed by atoms with van der Waals surface area (Å²) in [6.45, 7) is 8.20. The molecule has 7 N–H and O–H groups in total. The van der Waals surface area contributed by atoms with Gasteiger partial charge in [-0.2, -0.15) is 0 Å². The molecule has 0 aliphatic carbocycles. The lowest BCUT2D eigenvalue weighted by Crippen LogP contribution is -2.52. The van der Waals surface area contributed by atoms with Crippen LogP contribution in [0.25, 0.3) is 11.1 Å². The van der Waals surface area contributed by atoms with E-state index in [1.54, 1.807) is 31.3 Å². The monoisotopic (exact) mass is 757 g/mol. The second kappa shape index (κ2) is 21.2. The molecule has 13 heteroatoms. The van der Waals surface area contributed by atoms with E-state index in [0.717, 1.165) is 36.0 Å². The smallest absolute Gasteiger partial charge is 0.270 e. The van der Waals surface area contributed by atoms with Crippen molar-refractivity contribution >= 4 is 23.6 Å². The Morgan fingerprint density at radius 2 is 1.55 bits per heavy atom. The van der Waals surface area contributed by atoms with Gasteiger partial charge in [0.05, 0.1) is 6.54 Å². The number of pyridine rings is 1. The fourth-order valence-corrected chi connectivity index (χ4v) is 6.74. The molecule has 0 radical (unpaired) electrons. The molecular formula is C42H59N7O6. The average Bonchev–Trinajstić information content (AvgIpc) is 3.16. The lowest BCUT2D eigenvalue weighted by molar-refractivity contribution is -0.139. The van der Waals surface area contributed by atoms with Crippen LogP contribution in [0.15, 0.2) is 48.7 Å². The number of aryl methyl sites for hydroxylation is 2. The molecule has 4 bridgehead atoms. The highest BCUT2D eigenvalue weighted by Gasteiger charge is 2.32. The molecule has 1 aliphatic rings. The summed E-state index contributed by atoms with van der Waals surface area (Å²) in [5.74, 6) is -0.914. The molecule has 0 saturated carbocycles. The number of nitrogens with two attached hydrogens (primary N) is 2. The average molecular weight is 758 g/mol. The third kappa shape index (κ3) is 12.0. The summed E-state index contributed by atoms with van der Waals surface area (Å²) in [4.78, 5) is 60.1. The van der Waals surface area contributed by atoms with Crippen molar-refractivity contribution in [3.63, 3.8) is 0 Å². The molecule has 3 atom stereocenters. The molecule has 3 aromatic rings. The quantitative estimate of drug-likeness (QED) is 0.126. The maximum atomic E-state index is 14.1. The van der Waals surface area contributed by atoms with E-state index in [0.29, 0.717) is 41.2 Å². The number of unbranched alkanes of at least 4 members (excludes halogenated alkanes) is 5. The second-order valence-electron chi connectivity index (χ2n) is 14.3. The van der Waals surface area contributed by atoms with Gasteiger partial charge in [-0.25, -0.2) is 0 Å². The first-order valence-corrected chi connectivity index (χ1v) is 19.5. The molecule has 1 aliphatic heterocycles. The highest BCUT2D eigenvalue weighted by molar-refractivity contribution is 5.97. The van der Waals surface area contributed by atoms with E-state index in [2.05, 4.69) is 27.9 Å². The Hall–Kier alpha value is -5.01. The zero-order valence-corrected chi connectivity index (χ0v) is 33.0. The summed E-state index contributed by atoms with van der Waals surface area (Å²) in [7, 11) is 1.49. The van der Waals surface area contributed by atoms with E-state index < -0.39 is 36.3 Å². The van der Waals surface area contributed by atoms with Crippen molar-refractivity contribution in [1.82, 2.24) is 25.8 Å². The largest absolute Gasteiger partial charge is 0.492 e. The van der Waals surface area contributed by atoms with E-state index in [1.165, 1.54) is 37.6 Å². The van der Waals surface area contributed by atoms with Gasteiger partial charge in [-0.05, 0) is 86.6 Å². The summed E-state index contributed by atoms with van der Waals surface area (Å²) in [5.41, 5.74) is 16.3. The van der Waals surface area contributed by atoms with Crippen molar-refractivity contribution in [2.24, 2.45) is 11.5 Å². The predicted octanol–water partition coefficient (Wildman–Crippen LogP) is 4.13. The van der Waals surface area contributed by atoms with Crippen LogP contribution in [0.5, 0.6) is 11.5 Å². The van der Waals surface area contributed by atoms with Gasteiger partial charge in [0, 0.05) is 43.5 Å². The van der Waals surface area contributed by atoms with Gasteiger partial charge in [-0.3, -0.25) is 24.2 Å². The van der Waals surface area contributed by atoms with Gasteiger partial charge >= 0.3 is 0 Å². The van der Waals surface area contributed by atoms with Crippen molar-refractivity contribution in [3.8, 4) is 22.6 Å². The topological polar surface area (TPSA) is 191 Å². The predicted molar refractivity (Wildman–Crippen MR) is 214 cm³/mol. The molecule has 4 rings (SSSR count). The molecule has 55 heavy (non-hydrogen) atoms. The number of hydrogen-bond acceptors (Lipinski definition) is 9. The van der Waals surface area contributed by atoms with Crippen LogP contribution in [0, 0.1) is 6.92 Å². The van der Waals surface area contributed by atoms with Crippen molar-refractivity contribution in [1.29, 1.82) is 0 Å². The first-order valence-electron chi connectivity index (χ1n) is 19.5. The van der Waals surface area contributed by atoms with E-state index in [9.17, 15) is 19.2 Å². The van der Waals surface area contributed by atoms with Crippen molar-refractivity contribution in [2.75, 3.05) is 39.9 Å². The molecule has 0 saturated heterocycles. The van der Waals surface area contributed by atoms with Crippen LogP contribution in [-0.2, 0) is 27.2 Å². The second-order valence-corrected chi connectivity index (χ2v) is 14.3. The Morgan fingerprint density at radius 1 is 0.891 bits per heavy atom. The highest BCUT2D eigenvalue weighted by Crippen LogP contribution is 2.40. The van der Waals surface area contributed by atoms with Crippen LogP contribution in [0.3, 0.4) is 0 Å². The number of aromatic nitrogens is 1. The van der Waals surface area contributed by atoms with Crippen LogP contribution in [0.4, 0.5) is 0 Å². The van der Waals surface area contributed by atoms with Crippen molar-refractivity contribution in [2.45, 2.75) is 97.2 Å². The number of ether oxygens (including phenoxy) is 2. The van der Waals surface area contributed by atoms with E-state index in [1.807, 2.05) is 38.1 Å². The third-order valence-electron chi connectivity index (χ3n) is 9.69. The summed E-state index contributed by atoms with van der Waals surface area (Å²) in [5, 5.41) is 8.47. The number of likely N-dealkylation sites (N-methyl/N-ethyl adjacent to an activating group) is 1. The van der Waals surface area contributed by atoms with Gasteiger partial charge in [0.1, 0.15) is 42.5 Å². The number of nitrogens with zero attached hydrogens (tertiary/aromatic N) is 2. The number of hydrogen-bond donors (Lipinski definition) is 5. The van der Waals surface area contributed by atoms with E-state index in [4.69, 9.17) is 20.9 Å². The van der Waals surface area contributed by atoms with Crippen LogP contribution < -0.4 is 36.9 Å². The lowest BCUT2D eigenvalue weighted by atomic mass is 9.94. The Bertz CT molecular complexity index is 1780. The SMILES string of the molecule is CCCCCCCCc1cnc(C(=O)NCC(=O)N(C)C2C(=O)N[C@@H](C)C(=O)NC(C)Cc3ccc(OCCN)c(c3)-c3cc2ccc3OCCN)c(C)c1. The Labute approximate surface area is 325 Å². The minimum atomic E-state index is -1.19. The Balaban J connectivity index is 1.63. The molecule has 4 amide bonds. The third-order valence-corrected chi connectivity index (χ3v) is 9.69. The molecule has 1 aromatic heterocycles. The molecule has 2 unspecified atom stereocenters. The standard InChI is InChI=1S/C42H59N7O6/c1-6-7-8-9-10-11-12-31-21-27(2)38(45-25-31)41(52)46-26-37(50)49(5)39-32-14-16-36(55-20-18-44)34(24-32)33-23-30(13-15-35(33)54-19-17-43)22-28(3)47-40(51)29(4)48-42(39)53/h13-16,21,23-25,28-29,39H,6-12,17-20,22,26,43-44H2,1-5H3,(H,46,52)(H,47,51)(H,48,53)/t28?,29-,39?/m0/s1. The Kier molecular flexibility index (Phi) is 16.5. The lowest BCUT2D eigenvalue weighted by Gasteiger charge is -2.30. The van der Waals surface area contributed by atoms with Gasteiger partial charge in [-0.15, -0.1) is 0 Å². The normalized spacial score (nSPS) is 17.0.